The Morgan fingerprint density at radius 2 is 0.741 bits per heavy atom. The van der Waals surface area contributed by atoms with Gasteiger partial charge in [-0.2, -0.15) is 0 Å². The molecule has 6 nitrogen and oxygen atoms in total. The Balaban J connectivity index is 1.12. The van der Waals surface area contributed by atoms with Gasteiger partial charge in [0.05, 0.1) is 35.0 Å². The van der Waals surface area contributed by atoms with Gasteiger partial charge >= 0.3 is 0 Å². The van der Waals surface area contributed by atoms with Crippen LogP contribution < -0.4 is 20.7 Å². The number of hydrogen-bond acceptors (Lipinski definition) is 6. The molecule has 4 atom stereocenters. The SMILES string of the molecule is CC(C)(C)[Si](O[C@H]1CCc2ccc(-c3ccc4c(n3)[C@@H](O)[C@@H](O[Si](c3ccccc3)(c3ccccc3)C(C)(C)C)CC4)nc2[C@H]1O)(c1ccccc1)c1ccccc1. The molecule has 58 heavy (non-hydrogen) atoms. The quantitative estimate of drug-likeness (QED) is 0.144. The minimum Gasteiger partial charge on any atom is -0.401 e. The van der Waals surface area contributed by atoms with Crippen LogP contribution >= 0.6 is 0 Å². The van der Waals surface area contributed by atoms with E-state index in [4.69, 9.17) is 18.8 Å². The molecule has 0 fully saturated rings. The number of aliphatic hydroxyl groups excluding tert-OH is 2. The van der Waals surface area contributed by atoms with Gasteiger partial charge in [0, 0.05) is 0 Å². The fourth-order valence-electron chi connectivity index (χ4n) is 9.57. The van der Waals surface area contributed by atoms with Gasteiger partial charge in [-0.3, -0.25) is 0 Å². The van der Waals surface area contributed by atoms with Gasteiger partial charge in [-0.1, -0.05) is 175 Å². The third kappa shape index (κ3) is 7.14. The molecule has 6 aromatic rings. The number of aromatic nitrogens is 2. The molecule has 0 amide bonds. The largest absolute Gasteiger partial charge is 0.401 e. The van der Waals surface area contributed by atoms with Crippen molar-refractivity contribution in [1.29, 1.82) is 0 Å². The van der Waals surface area contributed by atoms with Crippen LogP contribution in [0.5, 0.6) is 0 Å². The van der Waals surface area contributed by atoms with Crippen LogP contribution in [0.25, 0.3) is 11.4 Å². The Hall–Kier alpha value is -4.55. The molecule has 0 radical (unpaired) electrons. The lowest BCUT2D eigenvalue weighted by Crippen LogP contribution is -2.68. The topological polar surface area (TPSA) is 84.7 Å². The first kappa shape index (κ1) is 40.2. The van der Waals surface area contributed by atoms with Crippen molar-refractivity contribution in [1.82, 2.24) is 9.97 Å². The van der Waals surface area contributed by atoms with Crippen molar-refractivity contribution < 1.29 is 19.1 Å². The third-order valence-electron chi connectivity index (χ3n) is 12.4. The maximum atomic E-state index is 12.2. The molecule has 8 rings (SSSR count). The molecule has 298 valence electrons. The maximum absolute atomic E-state index is 12.2. The van der Waals surface area contributed by atoms with E-state index in [1.54, 1.807) is 0 Å². The lowest BCUT2D eigenvalue weighted by Gasteiger charge is -2.46. The lowest BCUT2D eigenvalue weighted by atomic mass is 9.90. The van der Waals surface area contributed by atoms with Crippen molar-refractivity contribution in [3.63, 3.8) is 0 Å². The molecule has 0 aliphatic heterocycles. The minimum absolute atomic E-state index is 0.225. The number of rotatable bonds is 9. The Morgan fingerprint density at radius 3 is 1.02 bits per heavy atom. The van der Waals surface area contributed by atoms with Gasteiger partial charge in [0.25, 0.3) is 16.6 Å². The van der Waals surface area contributed by atoms with Gasteiger partial charge in [-0.05, 0) is 79.8 Å². The highest BCUT2D eigenvalue weighted by Crippen LogP contribution is 2.43. The van der Waals surface area contributed by atoms with Crippen LogP contribution in [-0.2, 0) is 21.7 Å². The van der Waals surface area contributed by atoms with Gasteiger partial charge in [0.1, 0.15) is 12.2 Å². The Kier molecular flexibility index (Phi) is 11.0. The summed E-state index contributed by atoms with van der Waals surface area (Å²) in [5.74, 6) is 0. The van der Waals surface area contributed by atoms with Crippen molar-refractivity contribution in [2.45, 2.75) is 102 Å². The van der Waals surface area contributed by atoms with Gasteiger partial charge in [0.15, 0.2) is 0 Å². The van der Waals surface area contributed by atoms with E-state index < -0.39 is 41.1 Å². The fraction of sp³-hybridized carbons (Fsp3) is 0.320. The summed E-state index contributed by atoms with van der Waals surface area (Å²) in [4.78, 5) is 10.3. The van der Waals surface area contributed by atoms with Crippen molar-refractivity contribution in [2.75, 3.05) is 0 Å². The molecule has 0 spiro atoms. The van der Waals surface area contributed by atoms with Gasteiger partial charge in [-0.25, -0.2) is 9.97 Å². The summed E-state index contributed by atoms with van der Waals surface area (Å²) < 4.78 is 14.9. The average Bonchev–Trinajstić information content (AvgIpc) is 3.23. The maximum Gasteiger partial charge on any atom is 0.261 e. The molecule has 8 heteroatoms. The Morgan fingerprint density at radius 1 is 0.448 bits per heavy atom. The van der Waals surface area contributed by atoms with E-state index >= 15 is 0 Å². The molecule has 0 saturated carbocycles. The first-order valence-electron chi connectivity index (χ1n) is 20.8. The smallest absolute Gasteiger partial charge is 0.261 e. The standard InChI is InChI=1S/C50H56N2O4Si2/c1-49(2,3)57(37-19-11-7-12-20-37,38-21-13-8-14-22-38)55-43-33-29-35-27-31-41(51-45(35)47(43)53)42-32-28-36-30-34-44(48(54)46(36)52-42)56-58(50(4,5)6,39-23-15-9-16-24-39)40-25-17-10-18-26-40/h7-28,31-32,43-44,47-48,53-54H,29-30,33-34H2,1-6H3/t43-,44-,47-,48-/m0/s1. The first-order chi connectivity index (χ1) is 27.8. The summed E-state index contributed by atoms with van der Waals surface area (Å²) in [5.41, 5.74) is 4.65. The summed E-state index contributed by atoms with van der Waals surface area (Å²) in [5, 5.41) is 28.7. The number of nitrogens with zero attached hydrogens (tertiary/aromatic N) is 2. The first-order valence-corrected chi connectivity index (χ1v) is 24.6. The number of hydrogen-bond donors (Lipinski definition) is 2. The van der Waals surface area contributed by atoms with Crippen LogP contribution in [0.2, 0.25) is 10.1 Å². The molecule has 2 N–H and O–H groups in total. The number of benzene rings is 4. The van der Waals surface area contributed by atoms with E-state index in [0.717, 1.165) is 24.0 Å². The average molecular weight is 805 g/mol. The van der Waals surface area contributed by atoms with Gasteiger partial charge in [-0.15, -0.1) is 0 Å². The minimum atomic E-state index is -2.92. The zero-order valence-electron chi connectivity index (χ0n) is 34.6. The summed E-state index contributed by atoms with van der Waals surface area (Å²) in [7, 11) is -5.84. The van der Waals surface area contributed by atoms with Crippen molar-refractivity contribution >= 4 is 37.4 Å². The van der Waals surface area contributed by atoms with Crippen molar-refractivity contribution in [3.05, 3.63) is 168 Å². The second kappa shape index (κ2) is 15.9. The van der Waals surface area contributed by atoms with E-state index in [-0.39, 0.29) is 10.1 Å². The Bertz CT molecular complexity index is 2080. The summed E-state index contributed by atoms with van der Waals surface area (Å²) in [6.45, 7) is 13.6. The highest BCUT2D eigenvalue weighted by molar-refractivity contribution is 7.00. The monoisotopic (exact) mass is 804 g/mol. The van der Waals surface area contributed by atoms with Crippen LogP contribution in [0.15, 0.2) is 146 Å². The predicted octanol–water partition coefficient (Wildman–Crippen LogP) is 7.99. The normalized spacial score (nSPS) is 19.9. The van der Waals surface area contributed by atoms with Crippen molar-refractivity contribution in [2.24, 2.45) is 0 Å². The molecular weight excluding hydrogens is 749 g/mol. The molecule has 2 aliphatic carbocycles. The van der Waals surface area contributed by atoms with E-state index in [2.05, 4.69) is 151 Å². The number of pyridine rings is 2. The lowest BCUT2D eigenvalue weighted by molar-refractivity contribution is 0.0138. The van der Waals surface area contributed by atoms with Crippen LogP contribution in [0.3, 0.4) is 0 Å². The molecule has 2 aliphatic rings. The zero-order chi connectivity index (χ0) is 40.7. The predicted molar refractivity (Wildman–Crippen MR) is 239 cm³/mol. The number of fused-ring (bicyclic) bond motifs is 2. The van der Waals surface area contributed by atoms with E-state index in [9.17, 15) is 10.2 Å². The highest BCUT2D eigenvalue weighted by Gasteiger charge is 2.54. The molecule has 0 bridgehead atoms. The van der Waals surface area contributed by atoms with E-state index in [0.29, 0.717) is 35.6 Å². The number of aryl methyl sites for hydroxylation is 2. The fourth-order valence-corrected chi connectivity index (χ4v) is 19.0. The Labute approximate surface area is 346 Å². The van der Waals surface area contributed by atoms with E-state index in [1.807, 2.05) is 36.4 Å². The van der Waals surface area contributed by atoms with Gasteiger partial charge in [0.2, 0.25) is 0 Å². The second-order valence-corrected chi connectivity index (χ2v) is 26.6. The van der Waals surface area contributed by atoms with Crippen LogP contribution in [0.1, 0.15) is 89.1 Å². The summed E-state index contributed by atoms with van der Waals surface area (Å²) in [6, 6.07) is 50.5. The molecule has 2 aromatic heterocycles. The van der Waals surface area contributed by atoms with Gasteiger partial charge < -0.3 is 19.1 Å². The van der Waals surface area contributed by atoms with E-state index in [1.165, 1.54) is 20.7 Å². The summed E-state index contributed by atoms with van der Waals surface area (Å²) in [6.07, 6.45) is 0.153. The molecule has 0 saturated heterocycles. The second-order valence-electron chi connectivity index (χ2n) is 18.1. The van der Waals surface area contributed by atoms with Crippen molar-refractivity contribution in [3.8, 4) is 11.4 Å². The molecule has 4 aromatic carbocycles. The molecular formula is C50H56N2O4Si2. The van der Waals surface area contributed by atoms with Crippen LogP contribution in [-0.4, -0.2) is 49.0 Å². The number of aliphatic hydroxyl groups is 2. The zero-order valence-corrected chi connectivity index (χ0v) is 36.6. The third-order valence-corrected chi connectivity index (χ3v) is 22.6. The van der Waals surface area contributed by atoms with Crippen LogP contribution in [0.4, 0.5) is 0 Å². The summed E-state index contributed by atoms with van der Waals surface area (Å²) >= 11 is 0. The molecule has 0 unspecified atom stereocenters. The highest BCUT2D eigenvalue weighted by atomic mass is 28.4. The van der Waals surface area contributed by atoms with Crippen LogP contribution in [0, 0.1) is 0 Å². The molecule has 2 heterocycles.